The van der Waals surface area contributed by atoms with Gasteiger partial charge in [-0.25, -0.2) is 13.2 Å². The van der Waals surface area contributed by atoms with Crippen molar-refractivity contribution in [2.45, 2.75) is 26.1 Å². The number of aromatic nitrogens is 1. The molecule has 1 heterocycles. The molecule has 2 aromatic rings. The number of halogens is 3. The van der Waals surface area contributed by atoms with Crippen molar-refractivity contribution in [1.29, 1.82) is 0 Å². The number of pyridine rings is 1. The van der Waals surface area contributed by atoms with Crippen LogP contribution in [0.4, 0.5) is 13.2 Å². The van der Waals surface area contributed by atoms with Crippen LogP contribution in [0.25, 0.3) is 0 Å². The van der Waals surface area contributed by atoms with Crippen LogP contribution in [0.3, 0.4) is 0 Å². The lowest BCUT2D eigenvalue weighted by Crippen LogP contribution is -2.08. The molecule has 0 bridgehead atoms. The molecular weight excluding hydrogens is 283 g/mol. The largest absolute Gasteiger partial charge is 0.489 e. The van der Waals surface area contributed by atoms with E-state index in [9.17, 15) is 18.3 Å². The molecule has 0 saturated heterocycles. The van der Waals surface area contributed by atoms with Crippen molar-refractivity contribution in [2.75, 3.05) is 0 Å². The first-order valence-corrected chi connectivity index (χ1v) is 6.32. The van der Waals surface area contributed by atoms with Gasteiger partial charge in [0.05, 0.1) is 12.3 Å². The molecule has 0 amide bonds. The van der Waals surface area contributed by atoms with Gasteiger partial charge in [-0.1, -0.05) is 0 Å². The summed E-state index contributed by atoms with van der Waals surface area (Å²) >= 11 is 0. The van der Waals surface area contributed by atoms with E-state index in [1.54, 1.807) is 0 Å². The van der Waals surface area contributed by atoms with Crippen LogP contribution in [-0.2, 0) is 0 Å². The maximum absolute atomic E-state index is 13.2. The molecule has 21 heavy (non-hydrogen) atoms. The van der Waals surface area contributed by atoms with Crippen LogP contribution in [0.1, 0.15) is 31.1 Å². The quantitative estimate of drug-likeness (QED) is 0.880. The third-order valence-corrected chi connectivity index (χ3v) is 2.74. The zero-order valence-corrected chi connectivity index (χ0v) is 11.5. The molecule has 0 aliphatic carbocycles. The first kappa shape index (κ1) is 15.3. The fourth-order valence-corrected chi connectivity index (χ4v) is 1.85. The Morgan fingerprint density at radius 2 is 1.62 bits per heavy atom. The molecular formula is C15H14F3NO2. The lowest BCUT2D eigenvalue weighted by Gasteiger charge is -2.14. The van der Waals surface area contributed by atoms with E-state index in [1.807, 2.05) is 13.8 Å². The summed E-state index contributed by atoms with van der Waals surface area (Å²) in [5.74, 6) is -3.86. The minimum Gasteiger partial charge on any atom is -0.489 e. The number of hydrogen-bond donors (Lipinski definition) is 1. The molecule has 1 atom stereocenters. The zero-order chi connectivity index (χ0) is 15.6. The van der Waals surface area contributed by atoms with E-state index in [2.05, 4.69) is 4.98 Å². The fraction of sp³-hybridized carbons (Fsp3) is 0.267. The van der Waals surface area contributed by atoms with E-state index in [0.717, 1.165) is 12.1 Å². The Hall–Kier alpha value is -2.08. The smallest absolute Gasteiger partial charge is 0.194 e. The van der Waals surface area contributed by atoms with Gasteiger partial charge in [0.25, 0.3) is 0 Å². The van der Waals surface area contributed by atoms with Crippen LogP contribution in [0.15, 0.2) is 30.6 Å². The van der Waals surface area contributed by atoms with E-state index in [-0.39, 0.29) is 11.7 Å². The maximum atomic E-state index is 13.2. The molecule has 0 fully saturated rings. The number of ether oxygens (including phenoxy) is 1. The lowest BCUT2D eigenvalue weighted by atomic mass is 10.0. The first-order chi connectivity index (χ1) is 9.88. The second-order valence-electron chi connectivity index (χ2n) is 4.82. The predicted molar refractivity (Wildman–Crippen MR) is 70.4 cm³/mol. The lowest BCUT2D eigenvalue weighted by molar-refractivity contribution is 0.214. The minimum atomic E-state index is -1.57. The minimum absolute atomic E-state index is 0.0834. The first-order valence-electron chi connectivity index (χ1n) is 6.32. The Balaban J connectivity index is 2.33. The van der Waals surface area contributed by atoms with Gasteiger partial charge in [0.2, 0.25) is 0 Å². The van der Waals surface area contributed by atoms with Crippen molar-refractivity contribution in [3.05, 3.63) is 59.2 Å². The number of benzene rings is 1. The number of aliphatic hydroxyl groups is 1. The van der Waals surface area contributed by atoms with Crippen LogP contribution >= 0.6 is 0 Å². The summed E-state index contributed by atoms with van der Waals surface area (Å²) in [7, 11) is 0. The fourth-order valence-electron chi connectivity index (χ4n) is 1.85. The van der Waals surface area contributed by atoms with Crippen LogP contribution in [0.5, 0.6) is 5.75 Å². The highest BCUT2D eigenvalue weighted by Gasteiger charge is 2.18. The summed E-state index contributed by atoms with van der Waals surface area (Å²) in [6.07, 6.45) is 1.39. The van der Waals surface area contributed by atoms with Gasteiger partial charge in [0, 0.05) is 11.8 Å². The van der Waals surface area contributed by atoms with E-state index < -0.39 is 23.6 Å². The molecule has 1 N–H and O–H groups in total. The van der Waals surface area contributed by atoms with Crippen LogP contribution in [0, 0.1) is 17.5 Å². The highest BCUT2D eigenvalue weighted by molar-refractivity contribution is 5.33. The summed E-state index contributed by atoms with van der Waals surface area (Å²) in [6.45, 7) is 3.65. The Labute approximate surface area is 120 Å². The molecule has 1 aromatic heterocycles. The molecule has 6 heteroatoms. The molecule has 112 valence electrons. The standard InChI is InChI=1S/C15H14F3NO2/c1-8(2)21-11-3-10(6-19-7-11)15(20)9-4-12(16)14(18)13(17)5-9/h3-8,15,20H,1-2H3. The molecule has 1 aromatic carbocycles. The SMILES string of the molecule is CC(C)Oc1cncc(C(O)c2cc(F)c(F)c(F)c2)c1. The van der Waals surface area contributed by atoms with Crippen molar-refractivity contribution >= 4 is 0 Å². The van der Waals surface area contributed by atoms with Gasteiger partial charge in [0.1, 0.15) is 11.9 Å². The molecule has 0 aliphatic heterocycles. The molecule has 1 unspecified atom stereocenters. The zero-order valence-electron chi connectivity index (χ0n) is 11.5. The summed E-state index contributed by atoms with van der Waals surface area (Å²) in [4.78, 5) is 3.90. The van der Waals surface area contributed by atoms with Crippen LogP contribution in [-0.4, -0.2) is 16.2 Å². The van der Waals surface area contributed by atoms with Gasteiger partial charge in [-0.05, 0) is 37.6 Å². The summed E-state index contributed by atoms with van der Waals surface area (Å²) in [5.41, 5.74) is 0.188. The number of hydrogen-bond acceptors (Lipinski definition) is 3. The maximum Gasteiger partial charge on any atom is 0.194 e. The second kappa shape index (κ2) is 6.13. The molecule has 2 rings (SSSR count). The van der Waals surface area contributed by atoms with Crippen molar-refractivity contribution < 1.29 is 23.0 Å². The topological polar surface area (TPSA) is 42.4 Å². The average Bonchev–Trinajstić information content (AvgIpc) is 2.43. The van der Waals surface area contributed by atoms with E-state index >= 15 is 0 Å². The number of aliphatic hydroxyl groups excluding tert-OH is 1. The highest BCUT2D eigenvalue weighted by atomic mass is 19.2. The molecule has 0 radical (unpaired) electrons. The van der Waals surface area contributed by atoms with Crippen molar-refractivity contribution in [3.8, 4) is 5.75 Å². The Bertz CT molecular complexity index is 624. The molecule has 3 nitrogen and oxygen atoms in total. The van der Waals surface area contributed by atoms with Crippen LogP contribution in [0.2, 0.25) is 0 Å². The van der Waals surface area contributed by atoms with Gasteiger partial charge in [-0.3, -0.25) is 4.98 Å². The van der Waals surface area contributed by atoms with Gasteiger partial charge in [0.15, 0.2) is 17.5 Å². The number of nitrogens with zero attached hydrogens (tertiary/aromatic N) is 1. The normalized spacial score (nSPS) is 12.5. The summed E-state index contributed by atoms with van der Waals surface area (Å²) in [5, 5.41) is 10.1. The predicted octanol–water partition coefficient (Wildman–Crippen LogP) is 3.37. The Kier molecular flexibility index (Phi) is 4.47. The van der Waals surface area contributed by atoms with Gasteiger partial charge >= 0.3 is 0 Å². The van der Waals surface area contributed by atoms with Gasteiger partial charge in [-0.2, -0.15) is 0 Å². The summed E-state index contributed by atoms with van der Waals surface area (Å²) in [6, 6.07) is 3.01. The van der Waals surface area contributed by atoms with Gasteiger partial charge in [-0.15, -0.1) is 0 Å². The van der Waals surface area contributed by atoms with Crippen molar-refractivity contribution in [3.63, 3.8) is 0 Å². The molecule has 0 spiro atoms. The Morgan fingerprint density at radius 3 is 2.19 bits per heavy atom. The summed E-state index contributed by atoms with van der Waals surface area (Å²) < 4.78 is 44.7. The van der Waals surface area contributed by atoms with Crippen LogP contribution < -0.4 is 4.74 Å². The average molecular weight is 297 g/mol. The second-order valence-corrected chi connectivity index (χ2v) is 4.82. The molecule has 0 aliphatic rings. The van der Waals surface area contributed by atoms with Gasteiger partial charge < -0.3 is 9.84 Å². The highest BCUT2D eigenvalue weighted by Crippen LogP contribution is 2.26. The third kappa shape index (κ3) is 3.52. The third-order valence-electron chi connectivity index (χ3n) is 2.74. The van der Waals surface area contributed by atoms with E-state index in [0.29, 0.717) is 11.3 Å². The Morgan fingerprint density at radius 1 is 1.00 bits per heavy atom. The van der Waals surface area contributed by atoms with Crippen molar-refractivity contribution in [2.24, 2.45) is 0 Å². The van der Waals surface area contributed by atoms with E-state index in [4.69, 9.17) is 4.74 Å². The monoisotopic (exact) mass is 297 g/mol. The van der Waals surface area contributed by atoms with Crippen molar-refractivity contribution in [1.82, 2.24) is 4.98 Å². The number of rotatable bonds is 4. The molecule has 0 saturated carbocycles. The van der Waals surface area contributed by atoms with E-state index in [1.165, 1.54) is 18.5 Å².